The number of rotatable bonds is 4. The molecule has 0 spiro atoms. The van der Waals surface area contributed by atoms with Crippen molar-refractivity contribution in [2.24, 2.45) is 5.73 Å². The molecular weight excluding hydrogens is 318 g/mol. The summed E-state index contributed by atoms with van der Waals surface area (Å²) >= 11 is 9.54. The maximum Gasteiger partial charge on any atom is 0.128 e. The molecule has 18 heavy (non-hydrogen) atoms. The lowest BCUT2D eigenvalue weighted by Crippen LogP contribution is -2.03. The van der Waals surface area contributed by atoms with Crippen LogP contribution in [0.25, 0.3) is 11.3 Å². The Morgan fingerprint density at radius 1 is 1.50 bits per heavy atom. The van der Waals surface area contributed by atoms with Gasteiger partial charge in [-0.15, -0.1) is 0 Å². The molecule has 3 N–H and O–H groups in total. The Morgan fingerprint density at radius 3 is 2.94 bits per heavy atom. The number of H-pyrrole nitrogens is 1. The zero-order valence-electron chi connectivity index (χ0n) is 9.84. The highest BCUT2D eigenvalue weighted by Crippen LogP contribution is 2.36. The fourth-order valence-electron chi connectivity index (χ4n) is 1.72. The summed E-state index contributed by atoms with van der Waals surface area (Å²) in [5.74, 6) is 0.728. The van der Waals surface area contributed by atoms with Gasteiger partial charge in [0.15, 0.2) is 0 Å². The van der Waals surface area contributed by atoms with Crippen molar-refractivity contribution in [3.8, 4) is 17.0 Å². The van der Waals surface area contributed by atoms with E-state index in [1.807, 2.05) is 12.1 Å². The van der Waals surface area contributed by atoms with Crippen LogP contribution in [-0.2, 0) is 6.42 Å². The molecule has 0 unspecified atom stereocenters. The zero-order chi connectivity index (χ0) is 13.1. The van der Waals surface area contributed by atoms with E-state index in [1.165, 1.54) is 0 Å². The summed E-state index contributed by atoms with van der Waals surface area (Å²) in [5.41, 5.74) is 8.13. The third-order valence-corrected chi connectivity index (χ3v) is 3.68. The molecule has 1 aromatic carbocycles. The van der Waals surface area contributed by atoms with Gasteiger partial charge in [0.1, 0.15) is 11.4 Å². The van der Waals surface area contributed by atoms with Crippen molar-refractivity contribution in [2.45, 2.75) is 6.42 Å². The van der Waals surface area contributed by atoms with Crippen LogP contribution in [-0.4, -0.2) is 23.9 Å². The van der Waals surface area contributed by atoms with Gasteiger partial charge in [-0.05, 0) is 40.7 Å². The van der Waals surface area contributed by atoms with E-state index in [2.05, 4.69) is 26.1 Å². The van der Waals surface area contributed by atoms with E-state index in [9.17, 15) is 0 Å². The highest BCUT2D eigenvalue weighted by atomic mass is 79.9. The average Bonchev–Trinajstić information content (AvgIpc) is 2.72. The molecule has 96 valence electrons. The number of methoxy groups -OCH3 is 1. The number of nitrogens with one attached hydrogen (secondary N) is 1. The maximum atomic E-state index is 6.02. The van der Waals surface area contributed by atoms with E-state index >= 15 is 0 Å². The van der Waals surface area contributed by atoms with Crippen molar-refractivity contribution in [3.63, 3.8) is 0 Å². The molecule has 0 radical (unpaired) electrons. The van der Waals surface area contributed by atoms with Crippen molar-refractivity contribution < 1.29 is 4.74 Å². The van der Waals surface area contributed by atoms with Crippen LogP contribution in [0.15, 0.2) is 22.7 Å². The van der Waals surface area contributed by atoms with Gasteiger partial charge in [-0.3, -0.25) is 5.10 Å². The molecule has 4 nitrogen and oxygen atoms in total. The summed E-state index contributed by atoms with van der Waals surface area (Å²) in [6.45, 7) is 0.562. The number of benzene rings is 1. The van der Waals surface area contributed by atoms with Crippen LogP contribution >= 0.6 is 27.5 Å². The second-order valence-electron chi connectivity index (χ2n) is 3.75. The summed E-state index contributed by atoms with van der Waals surface area (Å²) in [5, 5.41) is 7.90. The molecule has 0 amide bonds. The number of nitrogens with zero attached hydrogens (tertiary/aromatic N) is 1. The molecule has 2 aromatic rings. The van der Waals surface area contributed by atoms with Gasteiger partial charge < -0.3 is 10.5 Å². The number of nitrogens with two attached hydrogens (primary N) is 1. The SMILES string of the molecule is COc1ccc(Cl)cc1-c1n[nH]c(CCN)c1Br. The van der Waals surface area contributed by atoms with E-state index < -0.39 is 0 Å². The number of aromatic nitrogens is 2. The quantitative estimate of drug-likeness (QED) is 0.906. The van der Waals surface area contributed by atoms with Gasteiger partial charge in [0, 0.05) is 17.0 Å². The minimum Gasteiger partial charge on any atom is -0.496 e. The summed E-state index contributed by atoms with van der Waals surface area (Å²) < 4.78 is 6.22. The summed E-state index contributed by atoms with van der Waals surface area (Å²) in [7, 11) is 1.62. The Bertz CT molecular complexity index is 556. The van der Waals surface area contributed by atoms with E-state index in [1.54, 1.807) is 13.2 Å². The average molecular weight is 331 g/mol. The number of halogens is 2. The minimum absolute atomic E-state index is 0.562. The van der Waals surface area contributed by atoms with Crippen LogP contribution in [0, 0.1) is 0 Å². The van der Waals surface area contributed by atoms with Crippen LogP contribution in [0.4, 0.5) is 0 Å². The first kappa shape index (κ1) is 13.4. The summed E-state index contributed by atoms with van der Waals surface area (Å²) in [4.78, 5) is 0. The van der Waals surface area contributed by atoms with E-state index in [0.29, 0.717) is 11.6 Å². The highest BCUT2D eigenvalue weighted by molar-refractivity contribution is 9.10. The van der Waals surface area contributed by atoms with Crippen molar-refractivity contribution in [1.82, 2.24) is 10.2 Å². The van der Waals surface area contributed by atoms with Gasteiger partial charge in [0.05, 0.1) is 17.3 Å². The number of ether oxygens (including phenoxy) is 1. The van der Waals surface area contributed by atoms with Crippen molar-refractivity contribution in [2.75, 3.05) is 13.7 Å². The maximum absolute atomic E-state index is 6.02. The van der Waals surface area contributed by atoms with Crippen LogP contribution < -0.4 is 10.5 Å². The molecule has 0 bridgehead atoms. The van der Waals surface area contributed by atoms with Crippen molar-refractivity contribution >= 4 is 27.5 Å². The van der Waals surface area contributed by atoms with Gasteiger partial charge in [-0.25, -0.2) is 0 Å². The Hall–Kier alpha value is -1.04. The smallest absolute Gasteiger partial charge is 0.128 e. The van der Waals surface area contributed by atoms with Gasteiger partial charge in [-0.1, -0.05) is 11.6 Å². The topological polar surface area (TPSA) is 63.9 Å². The fourth-order valence-corrected chi connectivity index (χ4v) is 2.48. The van der Waals surface area contributed by atoms with Crippen LogP contribution in [0.3, 0.4) is 0 Å². The molecule has 2 rings (SSSR count). The molecule has 0 atom stereocenters. The van der Waals surface area contributed by atoms with Crippen LogP contribution in [0.1, 0.15) is 5.69 Å². The van der Waals surface area contributed by atoms with Gasteiger partial charge >= 0.3 is 0 Å². The second kappa shape index (κ2) is 5.73. The lowest BCUT2D eigenvalue weighted by Gasteiger charge is -2.07. The van der Waals surface area contributed by atoms with Crippen LogP contribution in [0.5, 0.6) is 5.75 Å². The fraction of sp³-hybridized carbons (Fsp3) is 0.250. The lowest BCUT2D eigenvalue weighted by atomic mass is 10.1. The minimum atomic E-state index is 0.562. The Labute approximate surface area is 119 Å². The third kappa shape index (κ3) is 2.53. The molecule has 0 fully saturated rings. The summed E-state index contributed by atoms with van der Waals surface area (Å²) in [6, 6.07) is 5.43. The summed E-state index contributed by atoms with van der Waals surface area (Å²) in [6.07, 6.45) is 0.733. The normalized spacial score (nSPS) is 10.7. The Morgan fingerprint density at radius 2 is 2.28 bits per heavy atom. The second-order valence-corrected chi connectivity index (χ2v) is 4.98. The first-order chi connectivity index (χ1) is 8.67. The lowest BCUT2D eigenvalue weighted by molar-refractivity contribution is 0.416. The van der Waals surface area contributed by atoms with E-state index in [0.717, 1.165) is 33.6 Å². The number of aromatic amines is 1. The zero-order valence-corrected chi connectivity index (χ0v) is 12.2. The van der Waals surface area contributed by atoms with Gasteiger partial charge in [0.25, 0.3) is 0 Å². The van der Waals surface area contributed by atoms with Crippen molar-refractivity contribution in [3.05, 3.63) is 33.4 Å². The molecule has 0 saturated heterocycles. The van der Waals surface area contributed by atoms with Gasteiger partial charge in [0.2, 0.25) is 0 Å². The predicted octanol–water partition coefficient (Wildman–Crippen LogP) is 3.00. The molecular formula is C12H13BrClN3O. The van der Waals surface area contributed by atoms with E-state index in [-0.39, 0.29) is 0 Å². The molecule has 0 aliphatic carbocycles. The predicted molar refractivity (Wildman–Crippen MR) is 76.0 cm³/mol. The van der Waals surface area contributed by atoms with Crippen LogP contribution in [0.2, 0.25) is 5.02 Å². The van der Waals surface area contributed by atoms with E-state index in [4.69, 9.17) is 22.1 Å². The Kier molecular flexibility index (Phi) is 4.27. The molecule has 6 heteroatoms. The molecule has 1 aromatic heterocycles. The van der Waals surface area contributed by atoms with Crippen molar-refractivity contribution in [1.29, 1.82) is 0 Å². The third-order valence-electron chi connectivity index (χ3n) is 2.59. The number of hydrogen-bond donors (Lipinski definition) is 2. The standard InChI is InChI=1S/C12H13BrClN3O/c1-18-10-3-2-7(14)6-8(10)12-11(13)9(4-5-15)16-17-12/h2-3,6H,4-5,15H2,1H3,(H,16,17). The first-order valence-corrected chi connectivity index (χ1v) is 6.61. The monoisotopic (exact) mass is 329 g/mol. The first-order valence-electron chi connectivity index (χ1n) is 5.44. The Balaban J connectivity index is 2.51. The molecule has 0 saturated carbocycles. The molecule has 1 heterocycles. The highest BCUT2D eigenvalue weighted by Gasteiger charge is 2.16. The van der Waals surface area contributed by atoms with Gasteiger partial charge in [-0.2, -0.15) is 5.10 Å². The largest absolute Gasteiger partial charge is 0.496 e. The molecule has 0 aliphatic rings. The molecule has 0 aliphatic heterocycles. The number of hydrogen-bond acceptors (Lipinski definition) is 3.